The van der Waals surface area contributed by atoms with E-state index in [2.05, 4.69) is 52.0 Å². The third-order valence-corrected chi connectivity index (χ3v) is 2.71. The van der Waals surface area contributed by atoms with E-state index in [1.165, 1.54) is 5.56 Å². The molecule has 0 unspecified atom stereocenters. The van der Waals surface area contributed by atoms with Gasteiger partial charge >= 0.3 is 0 Å². The Hall–Kier alpha value is -1.84. The number of anilines is 1. The van der Waals surface area contributed by atoms with Gasteiger partial charge in [-0.2, -0.15) is 0 Å². The molecule has 0 bridgehead atoms. The zero-order chi connectivity index (χ0) is 13.0. The van der Waals surface area contributed by atoms with E-state index in [0.29, 0.717) is 6.04 Å². The van der Waals surface area contributed by atoms with Crippen LogP contribution in [0.15, 0.2) is 30.7 Å². The molecule has 0 amide bonds. The number of aromatic nitrogens is 3. The first-order valence-electron chi connectivity index (χ1n) is 6.34. The van der Waals surface area contributed by atoms with Crippen molar-refractivity contribution < 1.29 is 0 Å². The molecule has 18 heavy (non-hydrogen) atoms. The molecule has 2 heterocycles. The molecule has 1 N–H and O–H groups in total. The van der Waals surface area contributed by atoms with Crippen LogP contribution in [0, 0.1) is 6.92 Å². The average molecular weight is 244 g/mol. The Labute approximate surface area is 108 Å². The van der Waals surface area contributed by atoms with Gasteiger partial charge in [0.1, 0.15) is 0 Å². The topological polar surface area (TPSA) is 42.7 Å². The number of nitrogens with one attached hydrogen (secondary N) is 1. The van der Waals surface area contributed by atoms with E-state index < -0.39 is 0 Å². The van der Waals surface area contributed by atoms with Crippen molar-refractivity contribution in [3.8, 4) is 0 Å². The summed E-state index contributed by atoms with van der Waals surface area (Å²) in [4.78, 5) is 8.53. The minimum Gasteiger partial charge on any atom is -0.353 e. The Bertz CT molecular complexity index is 488. The lowest BCUT2D eigenvalue weighted by Gasteiger charge is -2.12. The molecule has 0 fully saturated rings. The van der Waals surface area contributed by atoms with Crippen LogP contribution in [0.4, 0.5) is 5.95 Å². The van der Waals surface area contributed by atoms with E-state index in [1.807, 2.05) is 19.3 Å². The summed E-state index contributed by atoms with van der Waals surface area (Å²) in [7, 11) is 0. The predicted octanol–water partition coefficient (Wildman–Crippen LogP) is 2.65. The van der Waals surface area contributed by atoms with Crippen LogP contribution in [-0.2, 0) is 13.0 Å². The first-order chi connectivity index (χ1) is 8.65. The number of hydrogen-bond acceptors (Lipinski definition) is 3. The lowest BCUT2D eigenvalue weighted by Crippen LogP contribution is -2.15. The van der Waals surface area contributed by atoms with Crippen LogP contribution in [0.1, 0.15) is 25.1 Å². The summed E-state index contributed by atoms with van der Waals surface area (Å²) < 4.78 is 2.18. The van der Waals surface area contributed by atoms with Crippen LogP contribution in [-0.4, -0.2) is 20.6 Å². The third-order valence-electron chi connectivity index (χ3n) is 2.71. The van der Waals surface area contributed by atoms with Crippen molar-refractivity contribution in [1.82, 2.24) is 14.5 Å². The molecule has 2 rings (SSSR count). The quantitative estimate of drug-likeness (QED) is 0.879. The van der Waals surface area contributed by atoms with E-state index in [0.717, 1.165) is 24.6 Å². The third kappa shape index (κ3) is 3.32. The maximum Gasteiger partial charge on any atom is 0.203 e. The van der Waals surface area contributed by atoms with Gasteiger partial charge in [-0.15, -0.1) is 0 Å². The van der Waals surface area contributed by atoms with Gasteiger partial charge in [-0.3, -0.25) is 4.98 Å². The van der Waals surface area contributed by atoms with Gasteiger partial charge in [0.25, 0.3) is 0 Å². The van der Waals surface area contributed by atoms with E-state index in [1.54, 1.807) is 0 Å². The van der Waals surface area contributed by atoms with Crippen molar-refractivity contribution in [2.24, 2.45) is 0 Å². The lowest BCUT2D eigenvalue weighted by atomic mass is 10.2. The fraction of sp³-hybridized carbons (Fsp3) is 0.429. The van der Waals surface area contributed by atoms with E-state index in [4.69, 9.17) is 0 Å². The van der Waals surface area contributed by atoms with Gasteiger partial charge in [0, 0.05) is 31.2 Å². The number of pyridine rings is 1. The van der Waals surface area contributed by atoms with E-state index in [-0.39, 0.29) is 0 Å². The summed E-state index contributed by atoms with van der Waals surface area (Å²) in [6.07, 6.45) is 6.75. The van der Waals surface area contributed by atoms with Crippen molar-refractivity contribution in [2.45, 2.75) is 39.8 Å². The fourth-order valence-electron chi connectivity index (χ4n) is 1.89. The number of aryl methyl sites for hydroxylation is 3. The Kier molecular flexibility index (Phi) is 3.97. The highest BCUT2D eigenvalue weighted by Crippen LogP contribution is 2.11. The largest absolute Gasteiger partial charge is 0.353 e. The van der Waals surface area contributed by atoms with Gasteiger partial charge in [0.15, 0.2) is 0 Å². The Morgan fingerprint density at radius 2 is 2.00 bits per heavy atom. The zero-order valence-electron chi connectivity index (χ0n) is 11.2. The maximum atomic E-state index is 4.50. The number of hydrogen-bond donors (Lipinski definition) is 1. The van der Waals surface area contributed by atoms with Gasteiger partial charge in [-0.05, 0) is 44.9 Å². The molecule has 0 spiro atoms. The molecule has 0 saturated carbocycles. The molecule has 0 aliphatic heterocycles. The number of nitrogens with zero attached hydrogens (tertiary/aromatic N) is 3. The first kappa shape index (κ1) is 12.6. The summed E-state index contributed by atoms with van der Waals surface area (Å²) in [6.45, 7) is 7.20. The maximum absolute atomic E-state index is 4.50. The molecule has 4 nitrogen and oxygen atoms in total. The molecule has 0 aliphatic rings. The van der Waals surface area contributed by atoms with Gasteiger partial charge < -0.3 is 9.88 Å². The van der Waals surface area contributed by atoms with Crippen LogP contribution >= 0.6 is 0 Å². The van der Waals surface area contributed by atoms with Crippen LogP contribution in [0.3, 0.4) is 0 Å². The first-order valence-corrected chi connectivity index (χ1v) is 6.34. The monoisotopic (exact) mass is 244 g/mol. The molecular weight excluding hydrogens is 224 g/mol. The van der Waals surface area contributed by atoms with Crippen LogP contribution < -0.4 is 5.32 Å². The standard InChI is InChI=1S/C14H20N4/c1-11(2)16-14-17-12(3)10-18(14)9-6-13-4-7-15-8-5-13/h4-5,7-8,10-11H,6,9H2,1-3H3,(H,16,17). The Morgan fingerprint density at radius 1 is 1.28 bits per heavy atom. The predicted molar refractivity (Wildman–Crippen MR) is 73.7 cm³/mol. The van der Waals surface area contributed by atoms with E-state index >= 15 is 0 Å². The highest BCUT2D eigenvalue weighted by molar-refractivity contribution is 5.29. The van der Waals surface area contributed by atoms with Crippen LogP contribution in [0.2, 0.25) is 0 Å². The highest BCUT2D eigenvalue weighted by atomic mass is 15.2. The molecule has 2 aromatic heterocycles. The molecule has 0 saturated heterocycles. The smallest absolute Gasteiger partial charge is 0.203 e. The fourth-order valence-corrected chi connectivity index (χ4v) is 1.89. The van der Waals surface area contributed by atoms with Crippen molar-refractivity contribution in [3.05, 3.63) is 42.0 Å². The minimum atomic E-state index is 0.395. The molecule has 2 aromatic rings. The molecule has 0 aromatic carbocycles. The lowest BCUT2D eigenvalue weighted by molar-refractivity contribution is 0.691. The Morgan fingerprint density at radius 3 is 2.67 bits per heavy atom. The number of rotatable bonds is 5. The second-order valence-electron chi connectivity index (χ2n) is 4.80. The van der Waals surface area contributed by atoms with Crippen molar-refractivity contribution in [1.29, 1.82) is 0 Å². The van der Waals surface area contributed by atoms with Crippen molar-refractivity contribution >= 4 is 5.95 Å². The van der Waals surface area contributed by atoms with Crippen LogP contribution in [0.25, 0.3) is 0 Å². The second-order valence-corrected chi connectivity index (χ2v) is 4.80. The number of imidazole rings is 1. The van der Waals surface area contributed by atoms with Gasteiger partial charge in [-0.1, -0.05) is 0 Å². The molecule has 96 valence electrons. The van der Waals surface area contributed by atoms with Gasteiger partial charge in [0.2, 0.25) is 5.95 Å². The second kappa shape index (κ2) is 5.67. The molecule has 0 aliphatic carbocycles. The SMILES string of the molecule is Cc1cn(CCc2ccncc2)c(NC(C)C)n1. The molecule has 0 radical (unpaired) electrons. The molecule has 0 atom stereocenters. The average Bonchev–Trinajstić information content (AvgIpc) is 2.67. The Balaban J connectivity index is 2.04. The van der Waals surface area contributed by atoms with Crippen molar-refractivity contribution in [2.75, 3.05) is 5.32 Å². The molecule has 4 heteroatoms. The normalized spacial score (nSPS) is 10.9. The molecular formula is C14H20N4. The van der Waals surface area contributed by atoms with Gasteiger partial charge in [-0.25, -0.2) is 4.98 Å². The van der Waals surface area contributed by atoms with Crippen molar-refractivity contribution in [3.63, 3.8) is 0 Å². The van der Waals surface area contributed by atoms with Crippen LogP contribution in [0.5, 0.6) is 0 Å². The van der Waals surface area contributed by atoms with E-state index in [9.17, 15) is 0 Å². The summed E-state index contributed by atoms with van der Waals surface area (Å²) in [5, 5.41) is 3.37. The summed E-state index contributed by atoms with van der Waals surface area (Å²) in [5.74, 6) is 0.955. The van der Waals surface area contributed by atoms with Gasteiger partial charge in [0.05, 0.1) is 5.69 Å². The zero-order valence-corrected chi connectivity index (χ0v) is 11.2. The summed E-state index contributed by atoms with van der Waals surface area (Å²) in [5.41, 5.74) is 2.35. The minimum absolute atomic E-state index is 0.395. The summed E-state index contributed by atoms with van der Waals surface area (Å²) >= 11 is 0. The highest BCUT2D eigenvalue weighted by Gasteiger charge is 2.06. The summed E-state index contributed by atoms with van der Waals surface area (Å²) in [6, 6.07) is 4.50.